The number of benzene rings is 1. The van der Waals surface area contributed by atoms with Crippen molar-refractivity contribution in [3.63, 3.8) is 0 Å². The molecular formula is C14H12Br2N2O. The van der Waals surface area contributed by atoms with Crippen molar-refractivity contribution in [2.24, 2.45) is 0 Å². The Morgan fingerprint density at radius 2 is 2.00 bits per heavy atom. The van der Waals surface area contributed by atoms with E-state index in [1.807, 2.05) is 31.2 Å². The van der Waals surface area contributed by atoms with Crippen molar-refractivity contribution in [3.05, 3.63) is 62.8 Å². The second-order valence-corrected chi connectivity index (χ2v) is 5.88. The molecule has 0 saturated heterocycles. The molecule has 0 spiro atoms. The SMILES string of the molecule is CC(NC(=O)c1cncc(Br)c1)c1ccccc1Br. The van der Waals surface area contributed by atoms with Gasteiger partial charge in [0.1, 0.15) is 0 Å². The van der Waals surface area contributed by atoms with E-state index in [4.69, 9.17) is 0 Å². The number of hydrogen-bond acceptors (Lipinski definition) is 2. The lowest BCUT2D eigenvalue weighted by atomic mass is 10.1. The highest BCUT2D eigenvalue weighted by molar-refractivity contribution is 9.10. The number of amides is 1. The molecule has 1 N–H and O–H groups in total. The van der Waals surface area contributed by atoms with Gasteiger partial charge < -0.3 is 5.32 Å². The van der Waals surface area contributed by atoms with E-state index in [1.54, 1.807) is 18.5 Å². The first-order valence-corrected chi connectivity index (χ1v) is 7.32. The fourth-order valence-corrected chi connectivity index (χ4v) is 2.71. The topological polar surface area (TPSA) is 42.0 Å². The van der Waals surface area contributed by atoms with Crippen LogP contribution in [0.25, 0.3) is 0 Å². The van der Waals surface area contributed by atoms with Crippen LogP contribution in [0.3, 0.4) is 0 Å². The number of aromatic nitrogens is 1. The maximum Gasteiger partial charge on any atom is 0.253 e. The smallest absolute Gasteiger partial charge is 0.253 e. The van der Waals surface area contributed by atoms with Crippen molar-refractivity contribution in [2.45, 2.75) is 13.0 Å². The van der Waals surface area contributed by atoms with Gasteiger partial charge in [0, 0.05) is 21.3 Å². The van der Waals surface area contributed by atoms with E-state index >= 15 is 0 Å². The second kappa shape index (κ2) is 6.30. The summed E-state index contributed by atoms with van der Waals surface area (Å²) in [5, 5.41) is 2.95. The van der Waals surface area contributed by atoms with Crippen molar-refractivity contribution >= 4 is 37.8 Å². The molecule has 1 aromatic carbocycles. The van der Waals surface area contributed by atoms with Crippen molar-refractivity contribution in [3.8, 4) is 0 Å². The lowest BCUT2D eigenvalue weighted by Gasteiger charge is -2.15. The van der Waals surface area contributed by atoms with Gasteiger partial charge in [0.2, 0.25) is 0 Å². The summed E-state index contributed by atoms with van der Waals surface area (Å²) in [6.07, 6.45) is 3.20. The fourth-order valence-electron chi connectivity index (χ4n) is 1.72. The van der Waals surface area contributed by atoms with Crippen LogP contribution in [0, 0.1) is 0 Å². The second-order valence-electron chi connectivity index (χ2n) is 4.11. The van der Waals surface area contributed by atoms with Gasteiger partial charge in [-0.15, -0.1) is 0 Å². The minimum absolute atomic E-state index is 0.0814. The Hall–Kier alpha value is -1.20. The predicted molar refractivity (Wildman–Crippen MR) is 82.0 cm³/mol. The summed E-state index contributed by atoms with van der Waals surface area (Å²) in [7, 11) is 0. The Balaban J connectivity index is 2.13. The standard InChI is InChI=1S/C14H12Br2N2O/c1-9(12-4-2-3-5-13(12)16)18-14(19)10-6-11(15)8-17-7-10/h2-9H,1H3,(H,18,19). The van der Waals surface area contributed by atoms with Crippen LogP contribution in [-0.4, -0.2) is 10.9 Å². The van der Waals surface area contributed by atoms with Crippen LogP contribution in [0.15, 0.2) is 51.7 Å². The van der Waals surface area contributed by atoms with E-state index in [9.17, 15) is 4.79 Å². The fraction of sp³-hybridized carbons (Fsp3) is 0.143. The highest BCUT2D eigenvalue weighted by Gasteiger charge is 2.13. The zero-order chi connectivity index (χ0) is 13.8. The number of halogens is 2. The number of carbonyl (C=O) groups excluding carboxylic acids is 1. The molecular weight excluding hydrogens is 372 g/mol. The van der Waals surface area contributed by atoms with Gasteiger partial charge in [-0.1, -0.05) is 34.1 Å². The van der Waals surface area contributed by atoms with Crippen LogP contribution < -0.4 is 5.32 Å². The summed E-state index contributed by atoms with van der Waals surface area (Å²) in [5.41, 5.74) is 1.58. The van der Waals surface area contributed by atoms with Crippen LogP contribution >= 0.6 is 31.9 Å². The third-order valence-corrected chi connectivity index (χ3v) is 3.84. The first-order chi connectivity index (χ1) is 9.08. The number of nitrogens with one attached hydrogen (secondary N) is 1. The van der Waals surface area contributed by atoms with Crippen molar-refractivity contribution in [2.75, 3.05) is 0 Å². The van der Waals surface area contributed by atoms with Crippen molar-refractivity contribution < 1.29 is 4.79 Å². The van der Waals surface area contributed by atoms with Crippen LogP contribution in [0.4, 0.5) is 0 Å². The molecule has 0 radical (unpaired) electrons. The molecule has 0 aliphatic rings. The van der Waals surface area contributed by atoms with Gasteiger partial charge in [-0.25, -0.2) is 0 Å². The highest BCUT2D eigenvalue weighted by Crippen LogP contribution is 2.23. The average molecular weight is 384 g/mol. The van der Waals surface area contributed by atoms with Crippen LogP contribution in [0.5, 0.6) is 0 Å². The Morgan fingerprint density at radius 1 is 1.26 bits per heavy atom. The maximum absolute atomic E-state index is 12.1. The molecule has 98 valence electrons. The van der Waals surface area contributed by atoms with Gasteiger partial charge >= 0.3 is 0 Å². The summed E-state index contributed by atoms with van der Waals surface area (Å²) in [6.45, 7) is 1.95. The summed E-state index contributed by atoms with van der Waals surface area (Å²) in [4.78, 5) is 16.1. The normalized spacial score (nSPS) is 11.9. The molecule has 5 heteroatoms. The first-order valence-electron chi connectivity index (χ1n) is 5.74. The minimum atomic E-state index is -0.142. The predicted octanol–water partition coefficient (Wildman–Crippen LogP) is 4.10. The molecule has 1 amide bonds. The zero-order valence-electron chi connectivity index (χ0n) is 10.2. The molecule has 2 rings (SSSR count). The monoisotopic (exact) mass is 382 g/mol. The van der Waals surface area contributed by atoms with Gasteiger partial charge in [-0.3, -0.25) is 9.78 Å². The zero-order valence-corrected chi connectivity index (χ0v) is 13.4. The molecule has 1 unspecified atom stereocenters. The molecule has 0 fully saturated rings. The Kier molecular flexibility index (Phi) is 4.71. The third kappa shape index (κ3) is 3.64. The van der Waals surface area contributed by atoms with E-state index in [2.05, 4.69) is 42.2 Å². The number of carbonyl (C=O) groups is 1. The molecule has 2 aromatic rings. The van der Waals surface area contributed by atoms with Gasteiger partial charge in [0.15, 0.2) is 0 Å². The van der Waals surface area contributed by atoms with Crippen LogP contribution in [-0.2, 0) is 0 Å². The lowest BCUT2D eigenvalue weighted by molar-refractivity contribution is 0.0939. The summed E-state index contributed by atoms with van der Waals surface area (Å²) in [6, 6.07) is 9.49. The van der Waals surface area contributed by atoms with Crippen LogP contribution in [0.1, 0.15) is 28.9 Å². The van der Waals surface area contributed by atoms with E-state index < -0.39 is 0 Å². The quantitative estimate of drug-likeness (QED) is 0.866. The molecule has 1 aromatic heterocycles. The van der Waals surface area contributed by atoms with Crippen molar-refractivity contribution in [1.29, 1.82) is 0 Å². The van der Waals surface area contributed by atoms with E-state index in [0.29, 0.717) is 5.56 Å². The minimum Gasteiger partial charge on any atom is -0.345 e. The van der Waals surface area contributed by atoms with Gasteiger partial charge in [0.25, 0.3) is 5.91 Å². The molecule has 0 saturated carbocycles. The molecule has 3 nitrogen and oxygen atoms in total. The van der Waals surface area contributed by atoms with E-state index in [1.165, 1.54) is 0 Å². The number of hydrogen-bond donors (Lipinski definition) is 1. The van der Waals surface area contributed by atoms with Gasteiger partial charge in [-0.2, -0.15) is 0 Å². The van der Waals surface area contributed by atoms with Crippen LogP contribution in [0.2, 0.25) is 0 Å². The molecule has 0 aliphatic heterocycles. The number of pyridine rings is 1. The van der Waals surface area contributed by atoms with Gasteiger partial charge in [0.05, 0.1) is 11.6 Å². The summed E-state index contributed by atoms with van der Waals surface area (Å²) in [5.74, 6) is -0.142. The Labute approximate surface area is 128 Å². The number of rotatable bonds is 3. The largest absolute Gasteiger partial charge is 0.345 e. The molecule has 1 heterocycles. The Bertz CT molecular complexity index is 602. The Morgan fingerprint density at radius 3 is 2.68 bits per heavy atom. The number of nitrogens with zero attached hydrogens (tertiary/aromatic N) is 1. The van der Waals surface area contributed by atoms with Gasteiger partial charge in [-0.05, 0) is 40.5 Å². The summed E-state index contributed by atoms with van der Waals surface area (Å²) < 4.78 is 1.77. The summed E-state index contributed by atoms with van der Waals surface area (Å²) >= 11 is 6.79. The maximum atomic E-state index is 12.1. The molecule has 0 bridgehead atoms. The molecule has 0 aliphatic carbocycles. The third-order valence-electron chi connectivity index (χ3n) is 2.69. The van der Waals surface area contributed by atoms with E-state index in [-0.39, 0.29) is 11.9 Å². The molecule has 1 atom stereocenters. The molecule has 19 heavy (non-hydrogen) atoms. The van der Waals surface area contributed by atoms with E-state index in [0.717, 1.165) is 14.5 Å². The van der Waals surface area contributed by atoms with Crippen molar-refractivity contribution in [1.82, 2.24) is 10.3 Å². The first kappa shape index (κ1) is 14.2. The lowest BCUT2D eigenvalue weighted by Crippen LogP contribution is -2.26. The highest BCUT2D eigenvalue weighted by atomic mass is 79.9. The average Bonchev–Trinajstić information content (AvgIpc) is 2.39.